The van der Waals surface area contributed by atoms with Gasteiger partial charge in [0.05, 0.1) is 17.3 Å². The van der Waals surface area contributed by atoms with Crippen LogP contribution in [-0.2, 0) is 11.2 Å². The van der Waals surface area contributed by atoms with Crippen molar-refractivity contribution in [3.8, 4) is 0 Å². The number of aliphatic carboxylic acids is 1. The Bertz CT molecular complexity index is 396. The molecule has 0 fully saturated rings. The van der Waals surface area contributed by atoms with Crippen LogP contribution in [0.3, 0.4) is 0 Å². The Kier molecular flexibility index (Phi) is 3.24. The molecule has 15 heavy (non-hydrogen) atoms. The van der Waals surface area contributed by atoms with Crippen LogP contribution in [0.2, 0.25) is 5.28 Å². The second-order valence-electron chi connectivity index (χ2n) is 3.80. The van der Waals surface area contributed by atoms with Crippen molar-refractivity contribution >= 4 is 17.6 Å². The van der Waals surface area contributed by atoms with Gasteiger partial charge in [-0.25, -0.2) is 14.4 Å². The minimum absolute atomic E-state index is 0.0161. The first-order valence-corrected chi connectivity index (χ1v) is 4.61. The summed E-state index contributed by atoms with van der Waals surface area (Å²) in [5.41, 5.74) is -1.07. The molecule has 4 nitrogen and oxygen atoms in total. The normalized spacial score (nSPS) is 11.5. The minimum atomic E-state index is -1.08. The fraction of sp³-hybridized carbons (Fsp3) is 0.444. The van der Waals surface area contributed by atoms with E-state index in [-0.39, 0.29) is 17.4 Å². The first kappa shape index (κ1) is 11.8. The van der Waals surface area contributed by atoms with Gasteiger partial charge in [0.1, 0.15) is 0 Å². The highest BCUT2D eigenvalue weighted by Crippen LogP contribution is 2.22. The third-order valence-corrected chi connectivity index (χ3v) is 2.16. The quantitative estimate of drug-likeness (QED) is 0.809. The molecule has 1 aromatic heterocycles. The van der Waals surface area contributed by atoms with Crippen molar-refractivity contribution in [2.45, 2.75) is 20.3 Å². The van der Waals surface area contributed by atoms with Crippen LogP contribution in [0.5, 0.6) is 0 Å². The van der Waals surface area contributed by atoms with Gasteiger partial charge in [0.2, 0.25) is 5.28 Å². The summed E-state index contributed by atoms with van der Waals surface area (Å²) in [5, 5.41) is 8.77. The van der Waals surface area contributed by atoms with Gasteiger partial charge >= 0.3 is 5.97 Å². The van der Waals surface area contributed by atoms with E-state index in [0.717, 1.165) is 6.20 Å². The Balaban J connectivity index is 2.99. The van der Waals surface area contributed by atoms with Crippen molar-refractivity contribution in [1.29, 1.82) is 0 Å². The molecule has 0 aliphatic heterocycles. The minimum Gasteiger partial charge on any atom is -0.481 e. The summed E-state index contributed by atoms with van der Waals surface area (Å²) in [5.74, 6) is -1.66. The van der Waals surface area contributed by atoms with E-state index in [4.69, 9.17) is 16.7 Å². The lowest BCUT2D eigenvalue weighted by Crippen LogP contribution is -2.27. The van der Waals surface area contributed by atoms with Gasteiger partial charge in [-0.3, -0.25) is 4.79 Å². The zero-order chi connectivity index (χ0) is 11.6. The number of halogens is 2. The van der Waals surface area contributed by atoms with Crippen LogP contribution in [0.4, 0.5) is 4.39 Å². The molecule has 1 aromatic rings. The maximum atomic E-state index is 13.2. The molecule has 1 heterocycles. The Hall–Kier alpha value is -1.23. The molecule has 0 saturated heterocycles. The smallest absolute Gasteiger partial charge is 0.309 e. The number of carboxylic acid groups (broad SMARTS) is 1. The molecule has 0 unspecified atom stereocenters. The van der Waals surface area contributed by atoms with Crippen LogP contribution < -0.4 is 0 Å². The number of hydrogen-bond donors (Lipinski definition) is 1. The van der Waals surface area contributed by atoms with Crippen molar-refractivity contribution < 1.29 is 14.3 Å². The Morgan fingerprint density at radius 2 is 2.27 bits per heavy atom. The molecule has 0 aromatic carbocycles. The van der Waals surface area contributed by atoms with Crippen molar-refractivity contribution in [2.24, 2.45) is 5.41 Å². The Labute approximate surface area is 91.1 Å². The van der Waals surface area contributed by atoms with Gasteiger partial charge in [-0.1, -0.05) is 0 Å². The number of rotatable bonds is 3. The van der Waals surface area contributed by atoms with E-state index >= 15 is 0 Å². The largest absolute Gasteiger partial charge is 0.481 e. The molecule has 1 rings (SSSR count). The number of aromatic nitrogens is 2. The second-order valence-corrected chi connectivity index (χ2v) is 4.14. The molecule has 0 atom stereocenters. The average Bonchev–Trinajstić information content (AvgIpc) is 2.10. The molecular formula is C9H10ClFN2O2. The monoisotopic (exact) mass is 232 g/mol. The van der Waals surface area contributed by atoms with Gasteiger partial charge < -0.3 is 5.11 Å². The molecule has 0 aliphatic rings. The molecule has 0 amide bonds. The van der Waals surface area contributed by atoms with E-state index < -0.39 is 17.2 Å². The van der Waals surface area contributed by atoms with Gasteiger partial charge in [-0.15, -0.1) is 0 Å². The van der Waals surface area contributed by atoms with E-state index in [9.17, 15) is 9.18 Å². The Morgan fingerprint density at radius 1 is 1.67 bits per heavy atom. The highest BCUT2D eigenvalue weighted by atomic mass is 35.5. The standard InChI is InChI=1S/C9H10ClFN2O2/c1-9(2,7(14)15)3-6-5(11)4-12-8(10)13-6/h4H,3H2,1-2H3,(H,14,15). The van der Waals surface area contributed by atoms with E-state index in [1.54, 1.807) is 0 Å². The number of nitrogens with zero attached hydrogens (tertiary/aromatic N) is 2. The first-order chi connectivity index (χ1) is 6.83. The van der Waals surface area contributed by atoms with Gasteiger partial charge in [-0.05, 0) is 25.4 Å². The molecule has 1 N–H and O–H groups in total. The molecule has 6 heteroatoms. The molecule has 0 spiro atoms. The fourth-order valence-corrected chi connectivity index (χ4v) is 1.15. The predicted molar refractivity (Wildman–Crippen MR) is 52.1 cm³/mol. The third kappa shape index (κ3) is 2.86. The van der Waals surface area contributed by atoms with Crippen molar-refractivity contribution in [3.63, 3.8) is 0 Å². The SMILES string of the molecule is CC(C)(Cc1nc(Cl)ncc1F)C(=O)O. The maximum Gasteiger partial charge on any atom is 0.309 e. The molecule has 0 bridgehead atoms. The first-order valence-electron chi connectivity index (χ1n) is 4.23. The van der Waals surface area contributed by atoms with Crippen LogP contribution in [0.25, 0.3) is 0 Å². The summed E-state index contributed by atoms with van der Waals surface area (Å²) < 4.78 is 13.2. The summed E-state index contributed by atoms with van der Waals surface area (Å²) >= 11 is 5.49. The van der Waals surface area contributed by atoms with E-state index in [1.165, 1.54) is 13.8 Å². The lowest BCUT2D eigenvalue weighted by molar-refractivity contribution is -0.146. The lowest BCUT2D eigenvalue weighted by Gasteiger charge is -2.18. The van der Waals surface area contributed by atoms with Crippen molar-refractivity contribution in [3.05, 3.63) is 23.0 Å². The lowest BCUT2D eigenvalue weighted by atomic mass is 9.88. The number of carbonyl (C=O) groups is 1. The average molecular weight is 233 g/mol. The van der Waals surface area contributed by atoms with Gasteiger partial charge in [0.15, 0.2) is 5.82 Å². The summed E-state index contributed by atoms with van der Waals surface area (Å²) in [6.07, 6.45) is 0.902. The molecule has 0 aliphatic carbocycles. The van der Waals surface area contributed by atoms with E-state index in [0.29, 0.717) is 0 Å². The number of hydrogen-bond acceptors (Lipinski definition) is 3. The molecule has 0 radical (unpaired) electrons. The molecule has 0 saturated carbocycles. The highest BCUT2D eigenvalue weighted by molar-refractivity contribution is 6.28. The van der Waals surface area contributed by atoms with E-state index in [1.807, 2.05) is 0 Å². The zero-order valence-corrected chi connectivity index (χ0v) is 9.05. The third-order valence-electron chi connectivity index (χ3n) is 1.98. The van der Waals surface area contributed by atoms with Crippen LogP contribution in [-0.4, -0.2) is 21.0 Å². The summed E-state index contributed by atoms with van der Waals surface area (Å²) in [4.78, 5) is 17.9. The predicted octanol–water partition coefficient (Wildman–Crippen LogP) is 1.92. The topological polar surface area (TPSA) is 63.1 Å². The summed E-state index contributed by atoms with van der Waals surface area (Å²) in [7, 11) is 0. The summed E-state index contributed by atoms with van der Waals surface area (Å²) in [6, 6.07) is 0. The van der Waals surface area contributed by atoms with Crippen LogP contribution >= 0.6 is 11.6 Å². The van der Waals surface area contributed by atoms with Crippen LogP contribution in [0.15, 0.2) is 6.20 Å². The zero-order valence-electron chi connectivity index (χ0n) is 8.29. The van der Waals surface area contributed by atoms with Crippen molar-refractivity contribution in [1.82, 2.24) is 9.97 Å². The van der Waals surface area contributed by atoms with Gasteiger partial charge in [0.25, 0.3) is 0 Å². The second kappa shape index (κ2) is 4.10. The Morgan fingerprint density at radius 3 is 2.80 bits per heavy atom. The number of carboxylic acids is 1. The van der Waals surface area contributed by atoms with Crippen molar-refractivity contribution in [2.75, 3.05) is 0 Å². The molecule has 82 valence electrons. The maximum absolute atomic E-state index is 13.2. The van der Waals surface area contributed by atoms with E-state index in [2.05, 4.69) is 9.97 Å². The van der Waals surface area contributed by atoms with Crippen LogP contribution in [0, 0.1) is 11.2 Å². The molecular weight excluding hydrogens is 223 g/mol. The summed E-state index contributed by atoms with van der Waals surface area (Å²) in [6.45, 7) is 2.98. The highest BCUT2D eigenvalue weighted by Gasteiger charge is 2.29. The van der Waals surface area contributed by atoms with Gasteiger partial charge in [-0.2, -0.15) is 0 Å². The van der Waals surface area contributed by atoms with Crippen LogP contribution in [0.1, 0.15) is 19.5 Å². The fourth-order valence-electron chi connectivity index (χ4n) is 0.996. The van der Waals surface area contributed by atoms with Gasteiger partial charge in [0, 0.05) is 6.42 Å².